The summed E-state index contributed by atoms with van der Waals surface area (Å²) in [7, 11) is 0. The van der Waals surface area contributed by atoms with E-state index < -0.39 is 30.1 Å². The van der Waals surface area contributed by atoms with Crippen LogP contribution in [0.25, 0.3) is 0 Å². The molecule has 2 aliphatic heterocycles. The van der Waals surface area contributed by atoms with Crippen LogP contribution in [0.1, 0.15) is 25.8 Å². The van der Waals surface area contributed by atoms with Gasteiger partial charge in [0.1, 0.15) is 11.6 Å². The average Bonchev–Trinajstić information content (AvgIpc) is 3.10. The third kappa shape index (κ3) is 4.61. The summed E-state index contributed by atoms with van der Waals surface area (Å²) in [5.74, 6) is -0.507. The van der Waals surface area contributed by atoms with Crippen LogP contribution in [-0.2, 0) is 25.7 Å². The van der Waals surface area contributed by atoms with Crippen LogP contribution in [0, 0.1) is 0 Å². The Balaban J connectivity index is 1.57. The Hall–Kier alpha value is -3.07. The number of nitrogens with one attached hydrogen (secondary N) is 2. The molecule has 1 aromatic rings. The summed E-state index contributed by atoms with van der Waals surface area (Å²) in [5.41, 5.74) is -0.0410. The van der Waals surface area contributed by atoms with Crippen LogP contribution in [0.5, 0.6) is 11.5 Å². The second-order valence-corrected chi connectivity index (χ2v) is 7.13. The molecule has 150 valence electrons. The van der Waals surface area contributed by atoms with Crippen molar-refractivity contribution in [2.75, 3.05) is 13.4 Å². The second-order valence-electron chi connectivity index (χ2n) is 7.13. The van der Waals surface area contributed by atoms with E-state index in [1.54, 1.807) is 32.0 Å². The monoisotopic (exact) mass is 390 g/mol. The highest BCUT2D eigenvalue weighted by Gasteiger charge is 2.33. The van der Waals surface area contributed by atoms with E-state index in [1.807, 2.05) is 0 Å². The molecule has 0 aromatic heterocycles. The Labute approximate surface area is 161 Å². The number of carbonyl (C=O) groups is 3. The van der Waals surface area contributed by atoms with Crippen LogP contribution in [-0.4, -0.2) is 47.7 Å². The zero-order valence-electron chi connectivity index (χ0n) is 15.6. The maximum Gasteiger partial charge on any atom is 0.287 e. The largest absolute Gasteiger partial charge is 0.482 e. The fourth-order valence-corrected chi connectivity index (χ4v) is 2.88. The summed E-state index contributed by atoms with van der Waals surface area (Å²) in [6, 6.07) is 4.06. The van der Waals surface area contributed by atoms with E-state index in [0.717, 1.165) is 11.6 Å². The molecule has 1 aromatic carbocycles. The predicted molar refractivity (Wildman–Crippen MR) is 96.3 cm³/mol. The van der Waals surface area contributed by atoms with Crippen molar-refractivity contribution >= 4 is 17.6 Å². The molecule has 28 heavy (non-hydrogen) atoms. The van der Waals surface area contributed by atoms with Crippen molar-refractivity contribution in [3.63, 3.8) is 0 Å². The number of benzene rings is 1. The van der Waals surface area contributed by atoms with Crippen molar-refractivity contribution in [3.05, 3.63) is 35.6 Å². The molecule has 1 atom stereocenters. The van der Waals surface area contributed by atoms with Crippen molar-refractivity contribution in [2.24, 2.45) is 0 Å². The van der Waals surface area contributed by atoms with Gasteiger partial charge in [-0.05, 0) is 31.5 Å². The van der Waals surface area contributed by atoms with Crippen LogP contribution in [0.3, 0.4) is 0 Å². The first-order chi connectivity index (χ1) is 13.3. The normalized spacial score (nSPS) is 18.0. The number of ketones is 1. The molecule has 0 bridgehead atoms. The highest BCUT2D eigenvalue weighted by molar-refractivity contribution is 6.03. The van der Waals surface area contributed by atoms with Crippen LogP contribution in [0.15, 0.2) is 30.0 Å². The van der Waals surface area contributed by atoms with Crippen LogP contribution < -0.4 is 20.1 Å². The molecule has 0 aliphatic carbocycles. The van der Waals surface area contributed by atoms with E-state index in [4.69, 9.17) is 14.2 Å². The number of carbonyl (C=O) groups excluding carboxylic acids is 3. The molecule has 3 N–H and O–H groups in total. The number of aliphatic hydroxyl groups is 1. The zero-order chi connectivity index (χ0) is 20.3. The number of allylic oxidation sites excluding steroid dienone is 1. The van der Waals surface area contributed by atoms with E-state index in [1.165, 1.54) is 0 Å². The fraction of sp³-hybridized carbons (Fsp3) is 0.421. The van der Waals surface area contributed by atoms with Gasteiger partial charge in [0.15, 0.2) is 23.0 Å². The molecule has 0 saturated carbocycles. The first-order valence-electron chi connectivity index (χ1n) is 8.79. The third-order valence-corrected chi connectivity index (χ3v) is 4.21. The third-order valence-electron chi connectivity index (χ3n) is 4.21. The number of hydrogen-bond donors (Lipinski definition) is 3. The van der Waals surface area contributed by atoms with E-state index in [0.29, 0.717) is 11.5 Å². The lowest BCUT2D eigenvalue weighted by Crippen LogP contribution is -2.50. The Morgan fingerprint density at radius 2 is 2.00 bits per heavy atom. The van der Waals surface area contributed by atoms with Gasteiger partial charge in [-0.15, -0.1) is 0 Å². The minimum atomic E-state index is -1.19. The molecule has 0 fully saturated rings. The van der Waals surface area contributed by atoms with Gasteiger partial charge in [0.2, 0.25) is 12.7 Å². The quantitative estimate of drug-likeness (QED) is 0.632. The lowest BCUT2D eigenvalue weighted by Gasteiger charge is -2.30. The predicted octanol–water partition coefficient (Wildman–Crippen LogP) is 0.160. The van der Waals surface area contributed by atoms with Gasteiger partial charge >= 0.3 is 0 Å². The highest BCUT2D eigenvalue weighted by Crippen LogP contribution is 2.32. The Bertz CT molecular complexity index is 832. The van der Waals surface area contributed by atoms with E-state index in [9.17, 15) is 19.5 Å². The number of hydrogen-bond acceptors (Lipinski definition) is 7. The molecule has 9 heteroatoms. The Morgan fingerprint density at radius 3 is 2.71 bits per heavy atom. The van der Waals surface area contributed by atoms with Crippen molar-refractivity contribution in [2.45, 2.75) is 38.5 Å². The molecule has 9 nitrogen and oxygen atoms in total. The van der Waals surface area contributed by atoms with E-state index in [-0.39, 0.29) is 31.3 Å². The summed E-state index contributed by atoms with van der Waals surface area (Å²) in [6.07, 6.45) is 1.25. The van der Waals surface area contributed by atoms with Gasteiger partial charge in [-0.2, -0.15) is 0 Å². The Kier molecular flexibility index (Phi) is 5.55. The SMILES string of the molecule is CC1(C)CC(=O)C=C(C(=O)NC(CO)C(=O)NCc2ccc3c(c2)OCO3)O1. The second kappa shape index (κ2) is 7.89. The molecule has 0 saturated heterocycles. The molecular formula is C19H22N2O7. The van der Waals surface area contributed by atoms with Crippen LogP contribution >= 0.6 is 0 Å². The van der Waals surface area contributed by atoms with E-state index >= 15 is 0 Å². The van der Waals surface area contributed by atoms with Gasteiger partial charge in [0.25, 0.3) is 5.91 Å². The molecule has 3 rings (SSSR count). The number of rotatable bonds is 6. The topological polar surface area (TPSA) is 123 Å². The first kappa shape index (κ1) is 19.7. The zero-order valence-corrected chi connectivity index (χ0v) is 15.6. The number of amides is 2. The smallest absolute Gasteiger partial charge is 0.287 e. The van der Waals surface area contributed by atoms with Crippen LogP contribution in [0.4, 0.5) is 0 Å². The minimum Gasteiger partial charge on any atom is -0.482 e. The summed E-state index contributed by atoms with van der Waals surface area (Å²) in [4.78, 5) is 36.4. The number of aliphatic hydroxyl groups excluding tert-OH is 1. The van der Waals surface area contributed by atoms with Crippen molar-refractivity contribution in [1.29, 1.82) is 0 Å². The fourth-order valence-electron chi connectivity index (χ4n) is 2.88. The minimum absolute atomic E-state index is 0.154. The first-order valence-corrected chi connectivity index (χ1v) is 8.79. The lowest BCUT2D eigenvalue weighted by molar-refractivity contribution is -0.134. The van der Waals surface area contributed by atoms with Gasteiger partial charge in [-0.25, -0.2) is 0 Å². The standard InChI is InChI=1S/C19H22N2O7/c1-19(2)7-12(23)6-16(28-19)18(25)21-13(9-22)17(24)20-8-11-3-4-14-15(5-11)27-10-26-14/h3-6,13,22H,7-10H2,1-2H3,(H,20,24)(H,21,25). The van der Waals surface area contributed by atoms with Gasteiger partial charge in [0.05, 0.1) is 6.61 Å². The van der Waals surface area contributed by atoms with Crippen molar-refractivity contribution in [3.8, 4) is 11.5 Å². The van der Waals surface area contributed by atoms with Gasteiger partial charge in [-0.1, -0.05) is 6.07 Å². The van der Waals surface area contributed by atoms with Gasteiger partial charge in [-0.3, -0.25) is 14.4 Å². The summed E-state index contributed by atoms with van der Waals surface area (Å²) in [6.45, 7) is 3.09. The Morgan fingerprint density at radius 1 is 1.25 bits per heavy atom. The van der Waals surface area contributed by atoms with Gasteiger partial charge in [0, 0.05) is 19.0 Å². The molecule has 2 aliphatic rings. The number of ether oxygens (including phenoxy) is 3. The lowest BCUT2D eigenvalue weighted by atomic mass is 9.98. The molecule has 2 amide bonds. The van der Waals surface area contributed by atoms with Crippen molar-refractivity contribution < 1.29 is 33.7 Å². The maximum absolute atomic E-state index is 12.3. The van der Waals surface area contributed by atoms with Crippen LogP contribution in [0.2, 0.25) is 0 Å². The molecule has 1 unspecified atom stereocenters. The molecule has 0 spiro atoms. The number of fused-ring (bicyclic) bond motifs is 1. The van der Waals surface area contributed by atoms with E-state index in [2.05, 4.69) is 10.6 Å². The molecule has 2 heterocycles. The molecule has 0 radical (unpaired) electrons. The average molecular weight is 390 g/mol. The maximum atomic E-state index is 12.3. The van der Waals surface area contributed by atoms with Gasteiger partial charge < -0.3 is 30.0 Å². The summed E-state index contributed by atoms with van der Waals surface area (Å²) >= 11 is 0. The summed E-state index contributed by atoms with van der Waals surface area (Å²) < 4.78 is 16.0. The summed E-state index contributed by atoms with van der Waals surface area (Å²) in [5, 5.41) is 14.5. The highest BCUT2D eigenvalue weighted by atomic mass is 16.7. The van der Waals surface area contributed by atoms with Crippen molar-refractivity contribution in [1.82, 2.24) is 10.6 Å². The molecular weight excluding hydrogens is 368 g/mol.